The van der Waals surface area contributed by atoms with E-state index >= 15 is 0 Å². The highest BCUT2D eigenvalue weighted by molar-refractivity contribution is 6.32. The van der Waals surface area contributed by atoms with E-state index in [9.17, 15) is 9.18 Å². The number of amides is 2. The Bertz CT molecular complexity index is 878. The predicted octanol–water partition coefficient (Wildman–Crippen LogP) is 2.98. The van der Waals surface area contributed by atoms with Crippen molar-refractivity contribution >= 4 is 17.6 Å². The van der Waals surface area contributed by atoms with Crippen molar-refractivity contribution in [2.45, 2.75) is 31.4 Å². The number of benzene rings is 1. The molecule has 1 atom stereocenters. The second-order valence-electron chi connectivity index (χ2n) is 8.16. The maximum absolute atomic E-state index is 13.1. The van der Waals surface area contributed by atoms with Crippen molar-refractivity contribution in [3.05, 3.63) is 41.7 Å². The third-order valence-electron chi connectivity index (χ3n) is 6.12. The van der Waals surface area contributed by atoms with Gasteiger partial charge in [0.2, 0.25) is 0 Å². The van der Waals surface area contributed by atoms with Crippen LogP contribution >= 0.6 is 11.6 Å². The first-order chi connectivity index (χ1) is 13.5. The van der Waals surface area contributed by atoms with E-state index in [1.807, 2.05) is 14.4 Å². The van der Waals surface area contributed by atoms with Crippen LogP contribution in [-0.4, -0.2) is 62.9 Å². The van der Waals surface area contributed by atoms with Crippen molar-refractivity contribution < 1.29 is 13.9 Å². The summed E-state index contributed by atoms with van der Waals surface area (Å²) >= 11 is 6.03. The minimum Gasteiger partial charge on any atom is -0.489 e. The van der Waals surface area contributed by atoms with Crippen molar-refractivity contribution in [2.24, 2.45) is 5.41 Å². The lowest BCUT2D eigenvalue weighted by Crippen LogP contribution is -2.67. The van der Waals surface area contributed by atoms with Crippen LogP contribution in [0.1, 0.15) is 25.3 Å². The van der Waals surface area contributed by atoms with Crippen LogP contribution < -0.4 is 4.74 Å². The van der Waals surface area contributed by atoms with Crippen molar-refractivity contribution in [1.82, 2.24) is 24.6 Å². The van der Waals surface area contributed by atoms with Crippen LogP contribution in [0.25, 0.3) is 0 Å². The van der Waals surface area contributed by atoms with E-state index < -0.39 is 0 Å². The fraction of sp³-hybridized carbons (Fsp3) is 0.526. The normalized spacial score (nSPS) is 23.6. The Labute approximate surface area is 167 Å². The monoisotopic (exact) mass is 405 g/mol. The second kappa shape index (κ2) is 6.62. The molecule has 0 radical (unpaired) electrons. The van der Waals surface area contributed by atoms with E-state index in [1.165, 1.54) is 12.1 Å². The zero-order chi connectivity index (χ0) is 19.3. The van der Waals surface area contributed by atoms with Crippen LogP contribution in [-0.2, 0) is 0 Å². The summed E-state index contributed by atoms with van der Waals surface area (Å²) in [6.45, 7) is 3.02. The van der Waals surface area contributed by atoms with Gasteiger partial charge in [0.25, 0.3) is 0 Å². The molecule has 2 amide bonds. The van der Waals surface area contributed by atoms with Crippen LogP contribution in [0.3, 0.4) is 0 Å². The molecule has 148 valence electrons. The Morgan fingerprint density at radius 3 is 2.68 bits per heavy atom. The molecule has 0 bridgehead atoms. The first-order valence-electron chi connectivity index (χ1n) is 9.51. The molecule has 1 aromatic carbocycles. The number of rotatable bonds is 3. The summed E-state index contributed by atoms with van der Waals surface area (Å²) in [7, 11) is 0. The third kappa shape index (κ3) is 3.09. The van der Waals surface area contributed by atoms with Crippen LogP contribution in [0.5, 0.6) is 5.75 Å². The maximum Gasteiger partial charge on any atom is 0.320 e. The molecule has 9 heteroatoms. The van der Waals surface area contributed by atoms with Gasteiger partial charge in [0.1, 0.15) is 30.3 Å². The van der Waals surface area contributed by atoms with Crippen LogP contribution in [0.15, 0.2) is 30.9 Å². The first-order valence-corrected chi connectivity index (χ1v) is 9.89. The molecule has 7 nitrogen and oxygen atoms in total. The van der Waals surface area contributed by atoms with Gasteiger partial charge in [-0.3, -0.25) is 0 Å². The van der Waals surface area contributed by atoms with Crippen LogP contribution in [0.4, 0.5) is 9.18 Å². The van der Waals surface area contributed by atoms with Gasteiger partial charge in [0.15, 0.2) is 0 Å². The Balaban J connectivity index is 1.10. The Morgan fingerprint density at radius 2 is 1.96 bits per heavy atom. The smallest absolute Gasteiger partial charge is 0.320 e. The largest absolute Gasteiger partial charge is 0.489 e. The van der Waals surface area contributed by atoms with E-state index in [4.69, 9.17) is 16.3 Å². The van der Waals surface area contributed by atoms with Gasteiger partial charge >= 0.3 is 6.03 Å². The van der Waals surface area contributed by atoms with Crippen LogP contribution in [0.2, 0.25) is 5.02 Å². The molecule has 1 saturated carbocycles. The quantitative estimate of drug-likeness (QED) is 0.787. The molecule has 1 aliphatic carbocycles. The molecule has 1 aromatic heterocycles. The summed E-state index contributed by atoms with van der Waals surface area (Å²) in [4.78, 5) is 16.6. The van der Waals surface area contributed by atoms with Crippen molar-refractivity contribution in [1.29, 1.82) is 0 Å². The highest BCUT2D eigenvalue weighted by atomic mass is 35.5. The number of halogens is 2. The number of carbonyl (C=O) groups excluding carboxylic acids is 1. The Kier molecular flexibility index (Phi) is 4.19. The van der Waals surface area contributed by atoms with Gasteiger partial charge in [-0.2, -0.15) is 0 Å². The molecule has 1 spiro atoms. The summed E-state index contributed by atoms with van der Waals surface area (Å²) in [6, 6.07) is 4.56. The molecule has 2 saturated heterocycles. The SMILES string of the molecule is O=C(N1CC[C@H](n2cnnc2)C1)N1CC2(CC(Oc3ccc(F)cc3Cl)C2)C1. The average molecular weight is 406 g/mol. The zero-order valence-electron chi connectivity index (χ0n) is 15.3. The number of urea groups is 1. The van der Waals surface area contributed by atoms with E-state index in [-0.39, 0.29) is 29.4 Å². The van der Waals surface area contributed by atoms with Gasteiger partial charge < -0.3 is 19.1 Å². The molecular weight excluding hydrogens is 385 g/mol. The van der Waals surface area contributed by atoms with Crippen molar-refractivity contribution in [2.75, 3.05) is 26.2 Å². The number of aromatic nitrogens is 3. The van der Waals surface area contributed by atoms with Gasteiger partial charge in [-0.15, -0.1) is 10.2 Å². The minimum absolute atomic E-state index is 0.0742. The zero-order valence-corrected chi connectivity index (χ0v) is 16.1. The molecular formula is C19H21ClFN5O2. The maximum atomic E-state index is 13.1. The van der Waals surface area contributed by atoms with Gasteiger partial charge in [0, 0.05) is 31.6 Å². The Hall–Kier alpha value is -2.35. The number of nitrogens with zero attached hydrogens (tertiary/aromatic N) is 5. The lowest BCUT2D eigenvalue weighted by molar-refractivity contribution is -0.103. The summed E-state index contributed by atoms with van der Waals surface area (Å²) in [5.41, 5.74) is 0.167. The van der Waals surface area contributed by atoms with Gasteiger partial charge in [0.05, 0.1) is 11.1 Å². The third-order valence-corrected chi connectivity index (χ3v) is 6.42. The van der Waals surface area contributed by atoms with Crippen molar-refractivity contribution in [3.8, 4) is 5.75 Å². The predicted molar refractivity (Wildman–Crippen MR) is 99.7 cm³/mol. The first kappa shape index (κ1) is 17.7. The van der Waals surface area contributed by atoms with Gasteiger partial charge in [-0.1, -0.05) is 11.6 Å². The topological polar surface area (TPSA) is 63.5 Å². The average Bonchev–Trinajstić information content (AvgIpc) is 3.28. The van der Waals surface area contributed by atoms with E-state index in [0.29, 0.717) is 17.3 Å². The lowest BCUT2D eigenvalue weighted by Gasteiger charge is -2.58. The minimum atomic E-state index is -0.371. The summed E-state index contributed by atoms with van der Waals surface area (Å²) in [5.74, 6) is 0.149. The Morgan fingerprint density at radius 1 is 1.21 bits per heavy atom. The fourth-order valence-electron chi connectivity index (χ4n) is 4.65. The summed E-state index contributed by atoms with van der Waals surface area (Å²) in [5, 5.41) is 7.98. The number of hydrogen-bond donors (Lipinski definition) is 0. The molecule has 0 N–H and O–H groups in total. The molecule has 3 heterocycles. The van der Waals surface area contributed by atoms with E-state index in [1.54, 1.807) is 18.7 Å². The summed E-state index contributed by atoms with van der Waals surface area (Å²) < 4.78 is 21.0. The standard InChI is InChI=1S/C19H21ClFN5O2/c20-16-5-13(21)1-2-17(16)28-15-6-19(7-15)9-25(10-19)18(27)24-4-3-14(8-24)26-11-22-23-12-26/h1-2,5,11-12,14-15H,3-4,6-10H2/t14-/m0/s1. The molecule has 3 aliphatic rings. The molecule has 2 aliphatic heterocycles. The second-order valence-corrected chi connectivity index (χ2v) is 8.57. The summed E-state index contributed by atoms with van der Waals surface area (Å²) in [6.07, 6.45) is 6.21. The highest BCUT2D eigenvalue weighted by Gasteiger charge is 2.55. The van der Waals surface area contributed by atoms with Crippen LogP contribution in [0, 0.1) is 11.2 Å². The van der Waals surface area contributed by atoms with E-state index in [0.717, 1.165) is 38.9 Å². The van der Waals surface area contributed by atoms with Gasteiger partial charge in [-0.25, -0.2) is 9.18 Å². The van der Waals surface area contributed by atoms with Gasteiger partial charge in [-0.05, 0) is 37.5 Å². The number of carbonyl (C=O) groups is 1. The number of ether oxygens (including phenoxy) is 1. The fourth-order valence-corrected chi connectivity index (χ4v) is 4.86. The number of likely N-dealkylation sites (tertiary alicyclic amines) is 2. The molecule has 2 aromatic rings. The van der Waals surface area contributed by atoms with Crippen molar-refractivity contribution in [3.63, 3.8) is 0 Å². The molecule has 5 rings (SSSR count). The molecule has 0 unspecified atom stereocenters. The van der Waals surface area contributed by atoms with E-state index in [2.05, 4.69) is 10.2 Å². The molecule has 28 heavy (non-hydrogen) atoms. The molecule has 3 fully saturated rings. The highest BCUT2D eigenvalue weighted by Crippen LogP contribution is 2.50. The number of hydrogen-bond acceptors (Lipinski definition) is 4. The lowest BCUT2D eigenvalue weighted by atomic mass is 9.62.